The number of rotatable bonds is 6. The zero-order valence-electron chi connectivity index (χ0n) is 12.9. The number of ether oxygens (including phenoxy) is 1. The highest BCUT2D eigenvalue weighted by atomic mass is 32.2. The molecule has 0 unspecified atom stereocenters. The first-order valence-electron chi connectivity index (χ1n) is 6.59. The highest BCUT2D eigenvalue weighted by Gasteiger charge is 2.23. The lowest BCUT2D eigenvalue weighted by atomic mass is 10.2. The number of nitrogens with one attached hydrogen (secondary N) is 1. The minimum absolute atomic E-state index is 0.0749. The van der Waals surface area contributed by atoms with Crippen molar-refractivity contribution in [2.24, 2.45) is 0 Å². The maximum absolute atomic E-state index is 12.3. The predicted octanol–water partition coefficient (Wildman–Crippen LogP) is 3.47. The number of thiazole rings is 1. The van der Waals surface area contributed by atoms with E-state index in [0.29, 0.717) is 20.8 Å². The average molecular weight is 366 g/mol. The Morgan fingerprint density at radius 1 is 1.50 bits per heavy atom. The minimum Gasteiger partial charge on any atom is -0.495 e. The van der Waals surface area contributed by atoms with Gasteiger partial charge in [0.05, 0.1) is 22.7 Å². The van der Waals surface area contributed by atoms with Gasteiger partial charge in [-0.15, -0.1) is 0 Å². The van der Waals surface area contributed by atoms with Crippen molar-refractivity contribution in [3.63, 3.8) is 0 Å². The molecule has 1 N–H and O–H groups in total. The fourth-order valence-corrected chi connectivity index (χ4v) is 3.57. The van der Waals surface area contributed by atoms with Crippen molar-refractivity contribution in [2.45, 2.75) is 4.34 Å². The second-order valence-electron chi connectivity index (χ2n) is 4.28. The smallest absolute Gasteiger partial charge is 0.344 e. The van der Waals surface area contributed by atoms with Crippen molar-refractivity contribution in [3.05, 3.63) is 52.2 Å². The van der Waals surface area contributed by atoms with E-state index >= 15 is 0 Å². The van der Waals surface area contributed by atoms with Crippen LogP contribution < -0.4 is 15.0 Å². The Labute approximate surface area is 146 Å². The van der Waals surface area contributed by atoms with Gasteiger partial charge in [-0.05, 0) is 35.2 Å². The van der Waals surface area contributed by atoms with Gasteiger partial charge in [-0.1, -0.05) is 18.7 Å². The molecule has 0 saturated heterocycles. The van der Waals surface area contributed by atoms with Crippen LogP contribution in [0.15, 0.2) is 46.4 Å². The van der Waals surface area contributed by atoms with Gasteiger partial charge in [0.25, 0.3) is 0 Å². The van der Waals surface area contributed by atoms with Crippen LogP contribution in [0.5, 0.6) is 5.75 Å². The molecule has 0 bridgehead atoms. The Morgan fingerprint density at radius 3 is 2.79 bits per heavy atom. The molecule has 2 rings (SSSR count). The lowest BCUT2D eigenvalue weighted by Gasteiger charge is -2.24. The van der Waals surface area contributed by atoms with Crippen LogP contribution in [0.2, 0.25) is 0 Å². The standard InChI is InChI=1S/C14H14N4O4S2/c1-9(23-14-16-8-12(24-14)18(20)21)17(13(19)15-2)10-6-4-5-7-11(10)22-3/h4-8H,1H2,2-3H3,(H,15,19). The van der Waals surface area contributed by atoms with E-state index in [9.17, 15) is 14.9 Å². The van der Waals surface area contributed by atoms with Gasteiger partial charge in [0.2, 0.25) is 0 Å². The maximum Gasteiger partial charge on any atom is 0.344 e. The third kappa shape index (κ3) is 3.84. The zero-order chi connectivity index (χ0) is 17.7. The number of nitro groups is 1. The molecule has 1 aromatic heterocycles. The summed E-state index contributed by atoms with van der Waals surface area (Å²) in [5.74, 6) is 0.493. The summed E-state index contributed by atoms with van der Waals surface area (Å²) in [7, 11) is 3.00. The first-order valence-corrected chi connectivity index (χ1v) is 8.23. The van der Waals surface area contributed by atoms with Crippen molar-refractivity contribution in [1.82, 2.24) is 10.3 Å². The molecule has 10 heteroatoms. The summed E-state index contributed by atoms with van der Waals surface area (Å²) in [6.07, 6.45) is 1.17. The van der Waals surface area contributed by atoms with Crippen molar-refractivity contribution < 1.29 is 14.5 Å². The largest absolute Gasteiger partial charge is 0.495 e. The Bertz CT molecular complexity index is 778. The van der Waals surface area contributed by atoms with Crippen LogP contribution in [-0.2, 0) is 0 Å². The Kier molecular flexibility index (Phi) is 5.77. The van der Waals surface area contributed by atoms with Crippen molar-refractivity contribution in [1.29, 1.82) is 0 Å². The molecule has 1 aromatic carbocycles. The van der Waals surface area contributed by atoms with Gasteiger partial charge in [-0.2, -0.15) is 0 Å². The lowest BCUT2D eigenvalue weighted by Crippen LogP contribution is -2.36. The van der Waals surface area contributed by atoms with Gasteiger partial charge in [-0.25, -0.2) is 9.78 Å². The molecule has 2 aromatic rings. The molecular weight excluding hydrogens is 352 g/mol. The van der Waals surface area contributed by atoms with Gasteiger partial charge in [-0.3, -0.25) is 15.0 Å². The zero-order valence-corrected chi connectivity index (χ0v) is 14.5. The summed E-state index contributed by atoms with van der Waals surface area (Å²) >= 11 is 1.98. The quantitative estimate of drug-likeness (QED) is 0.477. The number of hydrogen-bond donors (Lipinski definition) is 1. The Balaban J connectivity index is 2.31. The number of hydrogen-bond acceptors (Lipinski definition) is 7. The van der Waals surface area contributed by atoms with Gasteiger partial charge in [0, 0.05) is 7.05 Å². The number of nitrogens with zero attached hydrogens (tertiary/aromatic N) is 3. The first kappa shape index (κ1) is 17.8. The fraction of sp³-hybridized carbons (Fsp3) is 0.143. The summed E-state index contributed by atoms with van der Waals surface area (Å²) in [4.78, 5) is 27.8. The van der Waals surface area contributed by atoms with Gasteiger partial charge in [0.1, 0.15) is 11.9 Å². The Hall–Kier alpha value is -2.59. The number of urea groups is 1. The number of methoxy groups -OCH3 is 1. The Morgan fingerprint density at radius 2 is 2.21 bits per heavy atom. The monoisotopic (exact) mass is 366 g/mol. The lowest BCUT2D eigenvalue weighted by molar-refractivity contribution is -0.380. The molecule has 0 aliphatic carbocycles. The molecular formula is C14H14N4O4S2. The van der Waals surface area contributed by atoms with E-state index in [2.05, 4.69) is 16.9 Å². The molecule has 0 fully saturated rings. The van der Waals surface area contributed by atoms with Crippen LogP contribution in [0.1, 0.15) is 0 Å². The molecule has 126 valence electrons. The molecule has 8 nitrogen and oxygen atoms in total. The fourth-order valence-electron chi connectivity index (χ4n) is 1.81. The van der Waals surface area contributed by atoms with E-state index in [-0.39, 0.29) is 5.00 Å². The molecule has 2 amide bonds. The second-order valence-corrected chi connectivity index (χ2v) is 6.61. The SMILES string of the molecule is C=C(Sc1ncc([N+](=O)[O-])s1)N(C(=O)NC)c1ccccc1OC. The number of carbonyl (C=O) groups excluding carboxylic acids is 1. The van der Waals surface area contributed by atoms with E-state index in [4.69, 9.17) is 4.74 Å². The molecule has 0 aliphatic rings. The van der Waals surface area contributed by atoms with E-state index in [1.807, 2.05) is 0 Å². The van der Waals surface area contributed by atoms with E-state index in [1.54, 1.807) is 24.3 Å². The molecule has 0 saturated carbocycles. The third-order valence-electron chi connectivity index (χ3n) is 2.85. The van der Waals surface area contributed by atoms with E-state index in [1.165, 1.54) is 25.3 Å². The predicted molar refractivity (Wildman–Crippen MR) is 93.7 cm³/mol. The average Bonchev–Trinajstić information content (AvgIpc) is 3.04. The van der Waals surface area contributed by atoms with E-state index < -0.39 is 11.0 Å². The third-order valence-corrected chi connectivity index (χ3v) is 4.79. The van der Waals surface area contributed by atoms with Crippen LogP contribution in [-0.4, -0.2) is 30.1 Å². The van der Waals surface area contributed by atoms with Crippen molar-refractivity contribution in [2.75, 3.05) is 19.1 Å². The highest BCUT2D eigenvalue weighted by Crippen LogP contribution is 2.38. The molecule has 0 aliphatic heterocycles. The van der Waals surface area contributed by atoms with Crippen LogP contribution in [0.4, 0.5) is 15.5 Å². The number of carbonyl (C=O) groups is 1. The molecule has 0 spiro atoms. The number of aromatic nitrogens is 1. The molecule has 24 heavy (non-hydrogen) atoms. The number of para-hydroxylation sites is 2. The second kappa shape index (κ2) is 7.79. The number of benzene rings is 1. The van der Waals surface area contributed by atoms with Gasteiger partial charge >= 0.3 is 11.0 Å². The van der Waals surface area contributed by atoms with Crippen LogP contribution in [0.3, 0.4) is 0 Å². The number of amides is 2. The summed E-state index contributed by atoms with van der Waals surface area (Å²) in [6, 6.07) is 6.56. The summed E-state index contributed by atoms with van der Waals surface area (Å²) in [5.41, 5.74) is 0.503. The molecule has 0 radical (unpaired) electrons. The summed E-state index contributed by atoms with van der Waals surface area (Å²) in [5, 5.41) is 13.5. The summed E-state index contributed by atoms with van der Waals surface area (Å²) < 4.78 is 5.70. The first-order chi connectivity index (χ1) is 11.5. The van der Waals surface area contributed by atoms with Crippen molar-refractivity contribution in [3.8, 4) is 5.75 Å². The normalized spacial score (nSPS) is 10.1. The highest BCUT2D eigenvalue weighted by molar-refractivity contribution is 8.04. The van der Waals surface area contributed by atoms with E-state index in [0.717, 1.165) is 23.1 Å². The number of anilines is 1. The summed E-state index contributed by atoms with van der Waals surface area (Å²) in [6.45, 7) is 3.89. The number of thioether (sulfide) groups is 1. The van der Waals surface area contributed by atoms with Gasteiger partial charge < -0.3 is 10.1 Å². The molecule has 0 atom stereocenters. The van der Waals surface area contributed by atoms with Crippen LogP contribution >= 0.6 is 23.1 Å². The topological polar surface area (TPSA) is 97.6 Å². The maximum atomic E-state index is 12.3. The molecule has 1 heterocycles. The van der Waals surface area contributed by atoms with Crippen LogP contribution in [0.25, 0.3) is 0 Å². The van der Waals surface area contributed by atoms with Crippen LogP contribution in [0, 0.1) is 10.1 Å². The minimum atomic E-state index is -0.513. The van der Waals surface area contributed by atoms with Crippen molar-refractivity contribution >= 4 is 39.8 Å². The van der Waals surface area contributed by atoms with Gasteiger partial charge in [0.15, 0.2) is 4.34 Å².